The number of hydrogen-bond acceptors (Lipinski definition) is 5. The van der Waals surface area contributed by atoms with E-state index in [4.69, 9.17) is 16.6 Å². The molecule has 0 saturated carbocycles. The number of nitrogens with one attached hydrogen (secondary N) is 1. The lowest BCUT2D eigenvalue weighted by Gasteiger charge is -2.35. The number of carbonyl (C=O) groups is 1. The minimum atomic E-state index is -4.59. The standard InChI is InChI=1S/C21H24ClF3N6O/c1-14-12-18(29-6-2-3-7-29)28-19(26-14)30-8-10-31(11-9-30)20(32)27-15-4-5-17(22)16(13-15)21(23,24)25/h4-5,12-13H,2-3,6-11H2,1H3,(H,27,32). The average Bonchev–Trinajstić information content (AvgIpc) is 3.29. The molecule has 32 heavy (non-hydrogen) atoms. The fourth-order valence-corrected chi connectivity index (χ4v) is 4.14. The van der Waals surface area contributed by atoms with Crippen LogP contribution in [0, 0.1) is 6.92 Å². The maximum Gasteiger partial charge on any atom is 0.417 e. The highest BCUT2D eigenvalue weighted by Gasteiger charge is 2.33. The van der Waals surface area contributed by atoms with Crippen LogP contribution in [0.25, 0.3) is 0 Å². The first kappa shape index (κ1) is 22.4. The molecule has 7 nitrogen and oxygen atoms in total. The van der Waals surface area contributed by atoms with Crippen LogP contribution >= 0.6 is 11.6 Å². The molecule has 2 saturated heterocycles. The molecule has 1 N–H and O–H groups in total. The summed E-state index contributed by atoms with van der Waals surface area (Å²) in [4.78, 5) is 27.7. The Labute approximate surface area is 189 Å². The highest BCUT2D eigenvalue weighted by Crippen LogP contribution is 2.36. The van der Waals surface area contributed by atoms with Crippen LogP contribution in [0.15, 0.2) is 24.3 Å². The number of piperazine rings is 1. The van der Waals surface area contributed by atoms with Crippen LogP contribution < -0.4 is 15.1 Å². The Hall–Kier alpha value is -2.75. The van der Waals surface area contributed by atoms with E-state index >= 15 is 0 Å². The quantitative estimate of drug-likeness (QED) is 0.722. The van der Waals surface area contributed by atoms with Gasteiger partial charge in [0.2, 0.25) is 5.95 Å². The second-order valence-corrected chi connectivity index (χ2v) is 8.37. The molecule has 1 aromatic heterocycles. The van der Waals surface area contributed by atoms with Gasteiger partial charge in [-0.2, -0.15) is 18.2 Å². The molecule has 2 aliphatic heterocycles. The van der Waals surface area contributed by atoms with E-state index in [1.54, 1.807) is 4.90 Å². The molecule has 2 fully saturated rings. The van der Waals surface area contributed by atoms with Gasteiger partial charge in [-0.25, -0.2) is 9.78 Å². The van der Waals surface area contributed by atoms with Crippen molar-refractivity contribution in [2.75, 3.05) is 54.4 Å². The zero-order valence-electron chi connectivity index (χ0n) is 17.6. The Morgan fingerprint density at radius 3 is 2.34 bits per heavy atom. The van der Waals surface area contributed by atoms with Crippen LogP contribution in [-0.4, -0.2) is 60.2 Å². The van der Waals surface area contributed by atoms with Gasteiger partial charge in [-0.3, -0.25) is 0 Å². The first-order valence-electron chi connectivity index (χ1n) is 10.5. The Bertz CT molecular complexity index is 988. The zero-order valence-corrected chi connectivity index (χ0v) is 18.4. The Kier molecular flexibility index (Phi) is 6.32. The Morgan fingerprint density at radius 1 is 1.00 bits per heavy atom. The summed E-state index contributed by atoms with van der Waals surface area (Å²) in [5.41, 5.74) is -0.0427. The average molecular weight is 469 g/mol. The number of aromatic nitrogens is 2. The van der Waals surface area contributed by atoms with E-state index in [0.717, 1.165) is 49.6 Å². The molecule has 0 bridgehead atoms. The van der Waals surface area contributed by atoms with Gasteiger partial charge in [-0.15, -0.1) is 0 Å². The number of anilines is 3. The fourth-order valence-electron chi connectivity index (χ4n) is 3.92. The molecule has 3 heterocycles. The lowest BCUT2D eigenvalue weighted by atomic mass is 10.2. The number of halogens is 4. The largest absolute Gasteiger partial charge is 0.417 e. The van der Waals surface area contributed by atoms with Crippen LogP contribution in [-0.2, 0) is 6.18 Å². The molecule has 2 aliphatic rings. The highest BCUT2D eigenvalue weighted by molar-refractivity contribution is 6.31. The van der Waals surface area contributed by atoms with Gasteiger partial charge >= 0.3 is 12.2 Å². The van der Waals surface area contributed by atoms with Crippen molar-refractivity contribution in [2.45, 2.75) is 25.9 Å². The van der Waals surface area contributed by atoms with Crippen molar-refractivity contribution < 1.29 is 18.0 Å². The van der Waals surface area contributed by atoms with Crippen LogP contribution in [0.4, 0.5) is 35.4 Å². The molecule has 0 radical (unpaired) electrons. The maximum atomic E-state index is 13.1. The molecule has 11 heteroatoms. The molecule has 0 spiro atoms. The van der Waals surface area contributed by atoms with Gasteiger partial charge in [0.15, 0.2) is 0 Å². The molecular weight excluding hydrogens is 445 g/mol. The molecule has 4 rings (SSSR count). The normalized spacial score (nSPS) is 17.1. The van der Waals surface area contributed by atoms with Crippen molar-refractivity contribution in [3.63, 3.8) is 0 Å². The monoisotopic (exact) mass is 468 g/mol. The number of urea groups is 1. The molecule has 2 amide bonds. The third-order valence-electron chi connectivity index (χ3n) is 5.63. The first-order valence-corrected chi connectivity index (χ1v) is 10.9. The Balaban J connectivity index is 1.38. The van der Waals surface area contributed by atoms with E-state index < -0.39 is 22.8 Å². The smallest absolute Gasteiger partial charge is 0.356 e. The zero-order chi connectivity index (χ0) is 22.9. The number of carbonyl (C=O) groups excluding carboxylic acids is 1. The van der Waals surface area contributed by atoms with E-state index in [1.165, 1.54) is 6.07 Å². The van der Waals surface area contributed by atoms with Crippen LogP contribution in [0.2, 0.25) is 5.02 Å². The van der Waals surface area contributed by atoms with Gasteiger partial charge in [-0.1, -0.05) is 11.6 Å². The van der Waals surface area contributed by atoms with Gasteiger partial charge in [0.25, 0.3) is 0 Å². The van der Waals surface area contributed by atoms with Crippen LogP contribution in [0.5, 0.6) is 0 Å². The van der Waals surface area contributed by atoms with Crippen molar-refractivity contribution in [1.82, 2.24) is 14.9 Å². The minimum absolute atomic E-state index is 0.0476. The molecular formula is C21H24ClF3N6O. The van der Waals surface area contributed by atoms with E-state index in [9.17, 15) is 18.0 Å². The number of alkyl halides is 3. The van der Waals surface area contributed by atoms with Gasteiger partial charge in [0.1, 0.15) is 5.82 Å². The Morgan fingerprint density at radius 2 is 1.69 bits per heavy atom. The molecule has 0 atom stereocenters. The summed E-state index contributed by atoms with van der Waals surface area (Å²) in [6, 6.07) is 4.86. The van der Waals surface area contributed by atoms with Crippen molar-refractivity contribution in [1.29, 1.82) is 0 Å². The number of hydrogen-bond donors (Lipinski definition) is 1. The predicted octanol–water partition coefficient (Wildman–Crippen LogP) is 4.41. The van der Waals surface area contributed by atoms with Crippen LogP contribution in [0.3, 0.4) is 0 Å². The minimum Gasteiger partial charge on any atom is -0.356 e. The topological polar surface area (TPSA) is 64.6 Å². The summed E-state index contributed by atoms with van der Waals surface area (Å²) in [5, 5.41) is 2.13. The van der Waals surface area contributed by atoms with E-state index in [-0.39, 0.29) is 5.69 Å². The van der Waals surface area contributed by atoms with E-state index in [2.05, 4.69) is 15.2 Å². The summed E-state index contributed by atoms with van der Waals surface area (Å²) in [6.07, 6.45) is -2.28. The van der Waals surface area contributed by atoms with E-state index in [1.807, 2.05) is 17.9 Å². The number of rotatable bonds is 3. The van der Waals surface area contributed by atoms with E-state index in [0.29, 0.717) is 32.1 Å². The van der Waals surface area contributed by atoms with Crippen LogP contribution in [0.1, 0.15) is 24.1 Å². The maximum absolute atomic E-state index is 13.1. The third-order valence-corrected chi connectivity index (χ3v) is 5.96. The fraction of sp³-hybridized carbons (Fsp3) is 0.476. The number of benzene rings is 1. The molecule has 172 valence electrons. The van der Waals surface area contributed by atoms with Crippen molar-refractivity contribution in [2.24, 2.45) is 0 Å². The van der Waals surface area contributed by atoms with Crippen molar-refractivity contribution >= 4 is 35.1 Å². The summed E-state index contributed by atoms with van der Waals surface area (Å²) in [6.45, 7) is 5.80. The van der Waals surface area contributed by atoms with Crippen molar-refractivity contribution in [3.05, 3.63) is 40.5 Å². The molecule has 0 unspecified atom stereocenters. The summed E-state index contributed by atoms with van der Waals surface area (Å²) in [7, 11) is 0. The molecule has 1 aromatic carbocycles. The predicted molar refractivity (Wildman–Crippen MR) is 117 cm³/mol. The van der Waals surface area contributed by atoms with Gasteiger partial charge < -0.3 is 20.0 Å². The lowest BCUT2D eigenvalue weighted by molar-refractivity contribution is -0.137. The van der Waals surface area contributed by atoms with Gasteiger partial charge in [0.05, 0.1) is 10.6 Å². The first-order chi connectivity index (χ1) is 15.2. The van der Waals surface area contributed by atoms with Crippen molar-refractivity contribution in [3.8, 4) is 0 Å². The SMILES string of the molecule is Cc1cc(N2CCCC2)nc(N2CCN(C(=O)Nc3ccc(Cl)c(C(F)(F)F)c3)CC2)n1. The second kappa shape index (κ2) is 9.01. The number of aryl methyl sites for hydroxylation is 1. The highest BCUT2D eigenvalue weighted by atomic mass is 35.5. The summed E-state index contributed by atoms with van der Waals surface area (Å²) < 4.78 is 39.2. The molecule has 2 aromatic rings. The third kappa shape index (κ3) is 5.01. The number of nitrogens with zero attached hydrogens (tertiary/aromatic N) is 5. The second-order valence-electron chi connectivity index (χ2n) is 7.96. The molecule has 0 aliphatic carbocycles. The lowest BCUT2D eigenvalue weighted by Crippen LogP contribution is -2.50. The van der Waals surface area contributed by atoms with Gasteiger partial charge in [-0.05, 0) is 38.0 Å². The summed E-state index contributed by atoms with van der Waals surface area (Å²) in [5.74, 6) is 1.56. The number of amides is 2. The summed E-state index contributed by atoms with van der Waals surface area (Å²) >= 11 is 5.64. The van der Waals surface area contributed by atoms with Gasteiger partial charge in [0, 0.05) is 56.7 Å².